The second kappa shape index (κ2) is 7.92. The average molecular weight is 344 g/mol. The van der Waals surface area contributed by atoms with Crippen LogP contribution >= 0.6 is 0 Å². The molecule has 1 N–H and O–H groups in total. The van der Waals surface area contributed by atoms with E-state index in [-0.39, 0.29) is 30.2 Å². The first-order valence-corrected chi connectivity index (χ1v) is 8.32. The van der Waals surface area contributed by atoms with Crippen LogP contribution in [-0.4, -0.2) is 42.1 Å². The van der Waals surface area contributed by atoms with Gasteiger partial charge in [0.05, 0.1) is 12.5 Å². The Bertz CT molecular complexity index is 713. The zero-order valence-electron chi connectivity index (χ0n) is 14.1. The molecule has 0 radical (unpaired) electrons. The minimum atomic E-state index is -0.510. The number of nitrogens with one attached hydrogen (secondary N) is 1. The van der Waals surface area contributed by atoms with E-state index in [4.69, 9.17) is 4.74 Å². The van der Waals surface area contributed by atoms with E-state index in [2.05, 4.69) is 27.1 Å². The van der Waals surface area contributed by atoms with E-state index in [1.165, 1.54) is 18.3 Å². The minimum absolute atomic E-state index is 0.0176. The average Bonchev–Trinajstić information content (AvgIpc) is 3.02. The number of aromatic nitrogens is 2. The molecular formula is C18H21FN4O2. The van der Waals surface area contributed by atoms with Gasteiger partial charge in [0, 0.05) is 25.5 Å². The molecule has 7 heteroatoms. The van der Waals surface area contributed by atoms with Gasteiger partial charge in [-0.3, -0.25) is 4.79 Å². The van der Waals surface area contributed by atoms with Gasteiger partial charge < -0.3 is 15.0 Å². The summed E-state index contributed by atoms with van der Waals surface area (Å²) in [6.45, 7) is 3.98. The molecule has 1 fully saturated rings. The zero-order valence-corrected chi connectivity index (χ0v) is 14.1. The fraction of sp³-hybridized carbons (Fsp3) is 0.389. The molecule has 3 heterocycles. The van der Waals surface area contributed by atoms with E-state index in [1.807, 2.05) is 18.2 Å². The number of pyridine rings is 2. The number of halogens is 1. The Morgan fingerprint density at radius 1 is 1.28 bits per heavy atom. The summed E-state index contributed by atoms with van der Waals surface area (Å²) in [6.07, 6.45) is 3.21. The third-order valence-electron chi connectivity index (χ3n) is 4.29. The van der Waals surface area contributed by atoms with Gasteiger partial charge in [-0.05, 0) is 30.2 Å². The van der Waals surface area contributed by atoms with Crippen LogP contribution in [0.5, 0.6) is 5.88 Å². The monoisotopic (exact) mass is 344 g/mol. The van der Waals surface area contributed by atoms with Crippen LogP contribution in [0.2, 0.25) is 0 Å². The van der Waals surface area contributed by atoms with Crippen molar-refractivity contribution in [3.8, 4) is 5.88 Å². The maximum Gasteiger partial charge on any atom is 0.250 e. The number of anilines is 1. The van der Waals surface area contributed by atoms with Crippen LogP contribution in [0.4, 0.5) is 10.2 Å². The molecule has 2 atom stereocenters. The molecule has 1 saturated heterocycles. The zero-order chi connectivity index (χ0) is 17.6. The van der Waals surface area contributed by atoms with E-state index in [0.717, 1.165) is 12.4 Å². The second-order valence-corrected chi connectivity index (χ2v) is 6.11. The fourth-order valence-corrected chi connectivity index (χ4v) is 2.97. The highest BCUT2D eigenvalue weighted by atomic mass is 19.1. The van der Waals surface area contributed by atoms with Crippen molar-refractivity contribution in [1.29, 1.82) is 0 Å². The molecule has 6 nitrogen and oxygen atoms in total. The number of carbonyl (C=O) groups is 1. The van der Waals surface area contributed by atoms with Gasteiger partial charge in [-0.25, -0.2) is 14.4 Å². The third kappa shape index (κ3) is 4.23. The first kappa shape index (κ1) is 17.1. The molecule has 2 aromatic heterocycles. The quantitative estimate of drug-likeness (QED) is 0.811. The first-order chi connectivity index (χ1) is 12.1. The Morgan fingerprint density at radius 3 is 2.88 bits per heavy atom. The second-order valence-electron chi connectivity index (χ2n) is 6.11. The molecule has 0 saturated carbocycles. The summed E-state index contributed by atoms with van der Waals surface area (Å²) in [6, 6.07) is 8.54. The highest BCUT2D eigenvalue weighted by molar-refractivity contribution is 5.80. The van der Waals surface area contributed by atoms with Crippen molar-refractivity contribution in [3.63, 3.8) is 0 Å². The molecule has 0 unspecified atom stereocenters. The smallest absolute Gasteiger partial charge is 0.250 e. The Kier molecular flexibility index (Phi) is 5.42. The standard InChI is InChI=1S/C18H21FN4O2/c1-13-11-23(16-6-2-3-7-20-16)12-14(13)17(24)21-9-10-25-18-15(19)5-4-8-22-18/h2-8,13-14H,9-12H2,1H3,(H,21,24)/t13-,14-/m1/s1. The topological polar surface area (TPSA) is 67.4 Å². The molecule has 0 aliphatic carbocycles. The van der Waals surface area contributed by atoms with Gasteiger partial charge in [0.15, 0.2) is 5.82 Å². The van der Waals surface area contributed by atoms with Gasteiger partial charge in [-0.2, -0.15) is 0 Å². The van der Waals surface area contributed by atoms with Crippen molar-refractivity contribution in [1.82, 2.24) is 15.3 Å². The van der Waals surface area contributed by atoms with Crippen molar-refractivity contribution >= 4 is 11.7 Å². The molecule has 3 rings (SSSR count). The Hall–Kier alpha value is -2.70. The molecule has 2 aromatic rings. The number of rotatable bonds is 6. The van der Waals surface area contributed by atoms with Crippen molar-refractivity contribution < 1.29 is 13.9 Å². The SMILES string of the molecule is C[C@@H]1CN(c2ccccn2)C[C@H]1C(=O)NCCOc1ncccc1F. The molecule has 0 bridgehead atoms. The highest BCUT2D eigenvalue weighted by Crippen LogP contribution is 2.26. The lowest BCUT2D eigenvalue weighted by Gasteiger charge is -2.17. The van der Waals surface area contributed by atoms with Crippen molar-refractivity contribution in [2.75, 3.05) is 31.1 Å². The van der Waals surface area contributed by atoms with Crippen molar-refractivity contribution in [2.45, 2.75) is 6.92 Å². The van der Waals surface area contributed by atoms with Crippen LogP contribution in [0.1, 0.15) is 6.92 Å². The Labute approximate surface area is 146 Å². The molecule has 1 aliphatic rings. The van der Waals surface area contributed by atoms with Gasteiger partial charge in [0.1, 0.15) is 12.4 Å². The van der Waals surface area contributed by atoms with Crippen LogP contribution < -0.4 is 15.0 Å². The van der Waals surface area contributed by atoms with E-state index in [1.54, 1.807) is 6.20 Å². The molecule has 0 spiro atoms. The summed E-state index contributed by atoms with van der Waals surface area (Å²) in [5.41, 5.74) is 0. The number of hydrogen-bond acceptors (Lipinski definition) is 5. The third-order valence-corrected chi connectivity index (χ3v) is 4.29. The molecule has 25 heavy (non-hydrogen) atoms. The molecule has 0 aromatic carbocycles. The van der Waals surface area contributed by atoms with Crippen LogP contribution in [0, 0.1) is 17.7 Å². The fourth-order valence-electron chi connectivity index (χ4n) is 2.97. The summed E-state index contributed by atoms with van der Waals surface area (Å²) in [7, 11) is 0. The van der Waals surface area contributed by atoms with Crippen LogP contribution in [0.3, 0.4) is 0 Å². The Balaban J connectivity index is 1.46. The predicted molar refractivity (Wildman–Crippen MR) is 91.8 cm³/mol. The molecule has 1 aliphatic heterocycles. The van der Waals surface area contributed by atoms with E-state index in [0.29, 0.717) is 13.1 Å². The van der Waals surface area contributed by atoms with Crippen molar-refractivity contribution in [3.05, 3.63) is 48.5 Å². The minimum Gasteiger partial charge on any atom is -0.474 e. The Morgan fingerprint density at radius 2 is 2.12 bits per heavy atom. The van der Waals surface area contributed by atoms with E-state index >= 15 is 0 Å². The first-order valence-electron chi connectivity index (χ1n) is 8.32. The predicted octanol–water partition coefficient (Wildman–Crippen LogP) is 1.88. The van der Waals surface area contributed by atoms with Gasteiger partial charge in [-0.15, -0.1) is 0 Å². The number of hydrogen-bond donors (Lipinski definition) is 1. The number of nitrogens with zero attached hydrogens (tertiary/aromatic N) is 3. The largest absolute Gasteiger partial charge is 0.474 e. The normalized spacial score (nSPS) is 19.7. The van der Waals surface area contributed by atoms with Gasteiger partial charge in [0.25, 0.3) is 0 Å². The van der Waals surface area contributed by atoms with E-state index < -0.39 is 5.82 Å². The van der Waals surface area contributed by atoms with Gasteiger partial charge >= 0.3 is 0 Å². The lowest BCUT2D eigenvalue weighted by Crippen LogP contribution is -2.37. The maximum atomic E-state index is 13.4. The number of amides is 1. The summed E-state index contributed by atoms with van der Waals surface area (Å²) in [4.78, 5) is 22.7. The lowest BCUT2D eigenvalue weighted by molar-refractivity contribution is -0.125. The number of carbonyl (C=O) groups excluding carboxylic acids is 1. The van der Waals surface area contributed by atoms with Crippen LogP contribution in [0.25, 0.3) is 0 Å². The number of ether oxygens (including phenoxy) is 1. The van der Waals surface area contributed by atoms with Gasteiger partial charge in [-0.1, -0.05) is 13.0 Å². The van der Waals surface area contributed by atoms with E-state index in [9.17, 15) is 9.18 Å². The van der Waals surface area contributed by atoms with Crippen molar-refractivity contribution in [2.24, 2.45) is 11.8 Å². The van der Waals surface area contributed by atoms with Crippen LogP contribution in [0.15, 0.2) is 42.7 Å². The molecular weight excluding hydrogens is 323 g/mol. The van der Waals surface area contributed by atoms with Gasteiger partial charge in [0.2, 0.25) is 11.8 Å². The summed E-state index contributed by atoms with van der Waals surface area (Å²) < 4.78 is 18.6. The maximum absolute atomic E-state index is 13.4. The summed E-state index contributed by atoms with van der Waals surface area (Å²) in [5.74, 6) is 0.441. The lowest BCUT2D eigenvalue weighted by atomic mass is 9.97. The van der Waals surface area contributed by atoms with Crippen LogP contribution in [-0.2, 0) is 4.79 Å². The highest BCUT2D eigenvalue weighted by Gasteiger charge is 2.35. The molecule has 132 valence electrons. The summed E-state index contributed by atoms with van der Waals surface area (Å²) in [5, 5.41) is 2.86. The molecule has 1 amide bonds. The summed E-state index contributed by atoms with van der Waals surface area (Å²) >= 11 is 0.